The van der Waals surface area contributed by atoms with Gasteiger partial charge >= 0.3 is 0 Å². The molecule has 1 aliphatic carbocycles. The number of hydrogen-bond acceptors (Lipinski definition) is 3. The Morgan fingerprint density at radius 3 is 2.65 bits per heavy atom. The number of rotatable bonds is 3. The maximum absolute atomic E-state index is 12.0. The number of nitrogens with zero attached hydrogens (tertiary/aromatic N) is 1. The van der Waals surface area contributed by atoms with Crippen molar-refractivity contribution in [1.29, 1.82) is 0 Å². The Morgan fingerprint density at radius 1 is 1.47 bits per heavy atom. The van der Waals surface area contributed by atoms with Crippen LogP contribution in [0.5, 0.6) is 0 Å². The van der Waals surface area contributed by atoms with Crippen molar-refractivity contribution in [2.45, 2.75) is 38.2 Å². The van der Waals surface area contributed by atoms with Crippen LogP contribution in [-0.2, 0) is 0 Å². The van der Waals surface area contributed by atoms with E-state index in [2.05, 4.69) is 0 Å². The molecule has 1 aromatic rings. The van der Waals surface area contributed by atoms with Crippen molar-refractivity contribution in [3.05, 3.63) is 23.7 Å². The van der Waals surface area contributed by atoms with Gasteiger partial charge in [-0.25, -0.2) is 0 Å². The zero-order chi connectivity index (χ0) is 12.5. The van der Waals surface area contributed by atoms with Crippen LogP contribution >= 0.6 is 0 Å². The lowest BCUT2D eigenvalue weighted by molar-refractivity contribution is 0.0146. The standard InChI is InChI=1S/C13H19NO3/c1-10-5-6-11(17-10)12(15)14(2)9-13(16)7-3-4-8-13/h5-6,16H,3-4,7-9H2,1-2H3. The summed E-state index contributed by atoms with van der Waals surface area (Å²) in [5, 5.41) is 10.2. The molecular weight excluding hydrogens is 218 g/mol. The number of likely N-dealkylation sites (N-methyl/N-ethyl adjacent to an activating group) is 1. The second-order valence-electron chi connectivity index (χ2n) is 5.00. The topological polar surface area (TPSA) is 53.7 Å². The summed E-state index contributed by atoms with van der Waals surface area (Å²) in [5.74, 6) is 0.895. The largest absolute Gasteiger partial charge is 0.456 e. The average Bonchev–Trinajstić information content (AvgIpc) is 2.86. The Kier molecular flexibility index (Phi) is 3.24. The highest BCUT2D eigenvalue weighted by Gasteiger charge is 2.34. The van der Waals surface area contributed by atoms with Crippen molar-refractivity contribution in [3.63, 3.8) is 0 Å². The predicted octanol–water partition coefficient (Wildman–Crippen LogP) is 1.97. The Bertz CT molecular complexity index is 405. The highest BCUT2D eigenvalue weighted by molar-refractivity contribution is 5.91. The molecule has 0 unspecified atom stereocenters. The second kappa shape index (κ2) is 4.53. The SMILES string of the molecule is Cc1ccc(C(=O)N(C)CC2(O)CCCC2)o1. The number of hydrogen-bond donors (Lipinski definition) is 1. The van der Waals surface area contributed by atoms with Crippen molar-refractivity contribution in [1.82, 2.24) is 4.90 Å². The van der Waals surface area contributed by atoms with Gasteiger partial charge in [-0.15, -0.1) is 0 Å². The van der Waals surface area contributed by atoms with E-state index in [0.29, 0.717) is 12.3 Å². The summed E-state index contributed by atoms with van der Waals surface area (Å²) in [6.45, 7) is 2.19. The summed E-state index contributed by atoms with van der Waals surface area (Å²) < 4.78 is 5.29. The highest BCUT2D eigenvalue weighted by Crippen LogP contribution is 2.30. The third-order valence-electron chi connectivity index (χ3n) is 3.36. The van der Waals surface area contributed by atoms with Gasteiger partial charge in [0.1, 0.15) is 5.76 Å². The first-order chi connectivity index (χ1) is 8.00. The summed E-state index contributed by atoms with van der Waals surface area (Å²) in [5.41, 5.74) is -0.702. The molecule has 1 heterocycles. The average molecular weight is 237 g/mol. The Balaban J connectivity index is 2.00. The molecular formula is C13H19NO3. The minimum Gasteiger partial charge on any atom is -0.456 e. The van der Waals surface area contributed by atoms with Crippen LogP contribution in [0, 0.1) is 6.92 Å². The molecule has 0 bridgehead atoms. The fourth-order valence-corrected chi connectivity index (χ4v) is 2.44. The molecule has 1 fully saturated rings. The van der Waals surface area contributed by atoms with Crippen LogP contribution in [0.1, 0.15) is 42.0 Å². The molecule has 0 saturated heterocycles. The zero-order valence-electron chi connectivity index (χ0n) is 10.4. The fourth-order valence-electron chi connectivity index (χ4n) is 2.44. The summed E-state index contributed by atoms with van der Waals surface area (Å²) in [6.07, 6.45) is 3.64. The Morgan fingerprint density at radius 2 is 2.12 bits per heavy atom. The lowest BCUT2D eigenvalue weighted by Crippen LogP contribution is -2.41. The molecule has 1 amide bonds. The van der Waals surface area contributed by atoms with Gasteiger partial charge in [0, 0.05) is 13.6 Å². The van der Waals surface area contributed by atoms with E-state index in [0.717, 1.165) is 31.4 Å². The minimum atomic E-state index is -0.702. The molecule has 1 aromatic heterocycles. The van der Waals surface area contributed by atoms with Gasteiger partial charge in [-0.3, -0.25) is 4.79 Å². The van der Waals surface area contributed by atoms with Gasteiger partial charge in [0.2, 0.25) is 0 Å². The van der Waals surface area contributed by atoms with Crippen LogP contribution in [0.4, 0.5) is 0 Å². The number of amides is 1. The summed E-state index contributed by atoms with van der Waals surface area (Å²) >= 11 is 0. The number of furan rings is 1. The first-order valence-electron chi connectivity index (χ1n) is 6.04. The van der Waals surface area contributed by atoms with Gasteiger partial charge in [0.25, 0.3) is 5.91 Å². The third-order valence-corrected chi connectivity index (χ3v) is 3.36. The van der Waals surface area contributed by atoms with Crippen molar-refractivity contribution in [2.75, 3.05) is 13.6 Å². The lowest BCUT2D eigenvalue weighted by Gasteiger charge is -2.28. The van der Waals surface area contributed by atoms with Gasteiger partial charge in [0.15, 0.2) is 5.76 Å². The molecule has 1 N–H and O–H groups in total. The van der Waals surface area contributed by atoms with Gasteiger partial charge in [-0.1, -0.05) is 12.8 Å². The number of carbonyl (C=O) groups excluding carboxylic acids is 1. The first-order valence-corrected chi connectivity index (χ1v) is 6.04. The van der Waals surface area contributed by atoms with E-state index in [9.17, 15) is 9.90 Å². The monoisotopic (exact) mass is 237 g/mol. The van der Waals surface area contributed by atoms with Crippen LogP contribution in [0.3, 0.4) is 0 Å². The molecule has 2 rings (SSSR count). The maximum atomic E-state index is 12.0. The minimum absolute atomic E-state index is 0.168. The molecule has 4 nitrogen and oxygen atoms in total. The van der Waals surface area contributed by atoms with Crippen LogP contribution in [0.25, 0.3) is 0 Å². The molecule has 0 radical (unpaired) electrons. The molecule has 0 aromatic carbocycles. The van der Waals surface area contributed by atoms with Crippen molar-refractivity contribution < 1.29 is 14.3 Å². The Hall–Kier alpha value is -1.29. The van der Waals surface area contributed by atoms with Crippen LogP contribution in [0.15, 0.2) is 16.5 Å². The lowest BCUT2D eigenvalue weighted by atomic mass is 10.0. The van der Waals surface area contributed by atoms with Gasteiger partial charge in [-0.05, 0) is 31.9 Å². The van der Waals surface area contributed by atoms with Crippen molar-refractivity contribution in [3.8, 4) is 0 Å². The Labute approximate surface area is 101 Å². The third kappa shape index (κ3) is 2.69. The normalized spacial score (nSPS) is 18.3. The highest BCUT2D eigenvalue weighted by atomic mass is 16.4. The predicted molar refractivity (Wildman–Crippen MR) is 63.8 cm³/mol. The summed E-state index contributed by atoms with van der Waals surface area (Å²) in [7, 11) is 1.70. The van der Waals surface area contributed by atoms with Crippen molar-refractivity contribution in [2.24, 2.45) is 0 Å². The van der Waals surface area contributed by atoms with E-state index in [1.165, 1.54) is 0 Å². The van der Waals surface area contributed by atoms with Crippen LogP contribution in [0.2, 0.25) is 0 Å². The second-order valence-corrected chi connectivity index (χ2v) is 5.00. The molecule has 4 heteroatoms. The summed E-state index contributed by atoms with van der Waals surface area (Å²) in [4.78, 5) is 13.6. The first kappa shape index (κ1) is 12.2. The molecule has 94 valence electrons. The fraction of sp³-hybridized carbons (Fsp3) is 0.615. The molecule has 17 heavy (non-hydrogen) atoms. The maximum Gasteiger partial charge on any atom is 0.289 e. The summed E-state index contributed by atoms with van der Waals surface area (Å²) in [6, 6.07) is 3.44. The van der Waals surface area contributed by atoms with E-state index in [1.54, 1.807) is 31.0 Å². The molecule has 0 atom stereocenters. The van der Waals surface area contributed by atoms with E-state index in [-0.39, 0.29) is 5.91 Å². The quantitative estimate of drug-likeness (QED) is 0.874. The molecule has 1 saturated carbocycles. The number of aliphatic hydroxyl groups is 1. The zero-order valence-corrected chi connectivity index (χ0v) is 10.4. The van der Waals surface area contributed by atoms with E-state index >= 15 is 0 Å². The molecule has 1 aliphatic rings. The number of carbonyl (C=O) groups is 1. The molecule has 0 aliphatic heterocycles. The smallest absolute Gasteiger partial charge is 0.289 e. The van der Waals surface area contributed by atoms with Gasteiger partial charge in [0.05, 0.1) is 5.60 Å². The van der Waals surface area contributed by atoms with Gasteiger partial charge in [-0.2, -0.15) is 0 Å². The van der Waals surface area contributed by atoms with Crippen molar-refractivity contribution >= 4 is 5.91 Å². The van der Waals surface area contributed by atoms with E-state index in [4.69, 9.17) is 4.42 Å². The van der Waals surface area contributed by atoms with Gasteiger partial charge < -0.3 is 14.4 Å². The van der Waals surface area contributed by atoms with Crippen LogP contribution in [-0.4, -0.2) is 35.1 Å². The van der Waals surface area contributed by atoms with E-state index in [1.807, 2.05) is 0 Å². The molecule has 0 spiro atoms. The van der Waals surface area contributed by atoms with Crippen LogP contribution < -0.4 is 0 Å². The number of aryl methyl sites for hydroxylation is 1. The van der Waals surface area contributed by atoms with E-state index < -0.39 is 5.60 Å².